The van der Waals surface area contributed by atoms with Crippen molar-refractivity contribution in [3.63, 3.8) is 0 Å². The fourth-order valence-corrected chi connectivity index (χ4v) is 4.06. The molecule has 5 atom stereocenters. The number of hydrogen-bond acceptors (Lipinski definition) is 8. The number of rotatable bonds is 13. The lowest BCUT2D eigenvalue weighted by molar-refractivity contribution is -0.00181. The van der Waals surface area contributed by atoms with Crippen LogP contribution in [0.5, 0.6) is 0 Å². The fraction of sp³-hybridized carbons (Fsp3) is 1.00. The Bertz CT molecular complexity index is 505. The molecule has 5 unspecified atom stereocenters. The van der Waals surface area contributed by atoms with E-state index in [-0.39, 0.29) is 51.6 Å². The maximum atomic E-state index is 12.0. The molecule has 0 amide bonds. The van der Waals surface area contributed by atoms with Gasteiger partial charge in [-0.25, -0.2) is 9.13 Å². The predicted molar refractivity (Wildman–Crippen MR) is 92.6 cm³/mol. The van der Waals surface area contributed by atoms with Crippen LogP contribution in [0.2, 0.25) is 0 Å². The molecule has 1 fully saturated rings. The molecule has 13 heteroatoms. The van der Waals surface area contributed by atoms with Crippen LogP contribution in [0.4, 0.5) is 0 Å². The van der Waals surface area contributed by atoms with Crippen LogP contribution in [-0.4, -0.2) is 67.4 Å². The van der Waals surface area contributed by atoms with E-state index in [0.29, 0.717) is 0 Å². The maximum Gasteiger partial charge on any atom is 0.472 e. The first kappa shape index (κ1) is 24.2. The van der Waals surface area contributed by atoms with Gasteiger partial charge in [0, 0.05) is 12.6 Å². The summed E-state index contributed by atoms with van der Waals surface area (Å²) in [5, 5.41) is 8.56. The largest absolute Gasteiger partial charge is 0.472 e. The molecule has 1 rings (SSSR count). The highest BCUT2D eigenvalue weighted by Gasteiger charge is 2.40. The summed E-state index contributed by atoms with van der Waals surface area (Å²) in [4.78, 5) is 19.1. The Labute approximate surface area is 154 Å². The smallest absolute Gasteiger partial charge is 0.396 e. The molecule has 0 aromatic rings. The van der Waals surface area contributed by atoms with Gasteiger partial charge in [0.15, 0.2) is 0 Å². The second kappa shape index (κ2) is 11.3. The van der Waals surface area contributed by atoms with E-state index in [1.54, 1.807) is 0 Å². The zero-order valence-electron chi connectivity index (χ0n) is 14.9. The topological polar surface area (TPSA) is 141 Å². The van der Waals surface area contributed by atoms with Gasteiger partial charge < -0.3 is 19.6 Å². The van der Waals surface area contributed by atoms with Crippen molar-refractivity contribution < 1.29 is 46.9 Å². The molecule has 1 aliphatic rings. The van der Waals surface area contributed by atoms with Crippen molar-refractivity contribution in [2.75, 3.05) is 26.4 Å². The molecule has 0 aliphatic carbocycles. The number of phosphoric acid groups is 2. The highest BCUT2D eigenvalue weighted by molar-refractivity contribution is 7.47. The molecule has 3 N–H and O–H groups in total. The van der Waals surface area contributed by atoms with Gasteiger partial charge in [0.05, 0.1) is 32.0 Å². The average Bonchev–Trinajstić information content (AvgIpc) is 2.86. The summed E-state index contributed by atoms with van der Waals surface area (Å²) in [7, 11) is -2.85. The number of phosphoric ester groups is 2. The minimum Gasteiger partial charge on any atom is -0.396 e. The summed E-state index contributed by atoms with van der Waals surface area (Å²) in [6, 6.07) is -0.565. The number of hydrogen-bond donors (Lipinski definition) is 3. The second-order valence-corrected chi connectivity index (χ2v) is 8.99. The molecule has 152 valence electrons. The van der Waals surface area contributed by atoms with Crippen LogP contribution in [0, 0.1) is 5.92 Å². The lowest BCUT2D eigenvalue weighted by Crippen LogP contribution is -2.28. The van der Waals surface area contributed by atoms with E-state index < -0.39 is 33.9 Å². The van der Waals surface area contributed by atoms with E-state index in [0.717, 1.165) is 0 Å². The van der Waals surface area contributed by atoms with E-state index in [4.69, 9.17) is 26.7 Å². The van der Waals surface area contributed by atoms with Crippen LogP contribution >= 0.6 is 15.6 Å². The van der Waals surface area contributed by atoms with Crippen molar-refractivity contribution in [3.8, 4) is 0 Å². The quantitative estimate of drug-likeness (QED) is 0.229. The third kappa shape index (κ3) is 9.42. The van der Waals surface area contributed by atoms with E-state index in [9.17, 15) is 18.9 Å². The molecule has 0 aromatic heterocycles. The summed E-state index contributed by atoms with van der Waals surface area (Å²) >= 11 is 0. The van der Waals surface area contributed by atoms with Gasteiger partial charge in [-0.3, -0.25) is 18.1 Å². The highest BCUT2D eigenvalue weighted by Crippen LogP contribution is 2.48. The number of ether oxygens (including phenoxy) is 1. The van der Waals surface area contributed by atoms with Gasteiger partial charge in [-0.05, 0) is 25.2 Å². The van der Waals surface area contributed by atoms with Gasteiger partial charge in [-0.1, -0.05) is 13.8 Å². The Morgan fingerprint density at radius 1 is 1.08 bits per heavy atom. The van der Waals surface area contributed by atoms with Crippen LogP contribution in [0.1, 0.15) is 33.1 Å². The van der Waals surface area contributed by atoms with Gasteiger partial charge in [-0.15, -0.1) is 0 Å². The van der Waals surface area contributed by atoms with Crippen LogP contribution in [0.15, 0.2) is 0 Å². The Kier molecular flexibility index (Phi) is 10.5. The molecule has 2 radical (unpaired) electrons. The van der Waals surface area contributed by atoms with E-state index in [2.05, 4.69) is 9.05 Å². The van der Waals surface area contributed by atoms with Crippen molar-refractivity contribution in [2.24, 2.45) is 5.92 Å². The van der Waals surface area contributed by atoms with Crippen molar-refractivity contribution in [1.82, 2.24) is 0 Å². The summed E-state index contributed by atoms with van der Waals surface area (Å²) in [5.41, 5.74) is 0. The Morgan fingerprint density at radius 2 is 1.62 bits per heavy atom. The van der Waals surface area contributed by atoms with Gasteiger partial charge in [-0.2, -0.15) is 0 Å². The van der Waals surface area contributed by atoms with Crippen molar-refractivity contribution in [1.29, 1.82) is 0 Å². The van der Waals surface area contributed by atoms with Gasteiger partial charge in [0.25, 0.3) is 0 Å². The van der Waals surface area contributed by atoms with Crippen LogP contribution in [0.25, 0.3) is 0 Å². The van der Waals surface area contributed by atoms with Crippen LogP contribution < -0.4 is 0 Å². The standard InChI is InChI=1S/C13H27BO10P2/c1-10(2)13-11(9-12(14)23-13)24-26(18,19)22-8-4-7-21-25(16,17)20-6-3-5-15/h10-13,15H,3-9H2,1-2H3,(H,16,17)(H,18,19). The zero-order chi connectivity index (χ0) is 19.8. The third-order valence-electron chi connectivity index (χ3n) is 3.44. The molecule has 1 heterocycles. The summed E-state index contributed by atoms with van der Waals surface area (Å²) in [6.07, 6.45) is -0.522. The monoisotopic (exact) mass is 416 g/mol. The van der Waals surface area contributed by atoms with Crippen molar-refractivity contribution >= 4 is 23.5 Å². The van der Waals surface area contributed by atoms with Crippen molar-refractivity contribution in [2.45, 2.75) is 51.3 Å². The minimum atomic E-state index is -4.33. The summed E-state index contributed by atoms with van der Waals surface area (Å²) in [5.74, 6) is 0.0477. The lowest BCUT2D eigenvalue weighted by atomic mass is 9.94. The van der Waals surface area contributed by atoms with Crippen LogP contribution in [0.3, 0.4) is 0 Å². The van der Waals surface area contributed by atoms with Crippen LogP contribution in [-0.2, 0) is 32.0 Å². The Morgan fingerprint density at radius 3 is 2.15 bits per heavy atom. The molecule has 10 nitrogen and oxygen atoms in total. The molecule has 26 heavy (non-hydrogen) atoms. The molecule has 0 bridgehead atoms. The first-order chi connectivity index (χ1) is 12.1. The fourth-order valence-electron chi connectivity index (χ4n) is 2.30. The van der Waals surface area contributed by atoms with Gasteiger partial charge >= 0.3 is 15.6 Å². The molecule has 0 spiro atoms. The lowest BCUT2D eigenvalue weighted by Gasteiger charge is -2.24. The highest BCUT2D eigenvalue weighted by atomic mass is 31.2. The number of aliphatic hydroxyl groups excluding tert-OH is 1. The minimum absolute atomic E-state index is 0.0477. The van der Waals surface area contributed by atoms with Crippen molar-refractivity contribution in [3.05, 3.63) is 0 Å². The maximum absolute atomic E-state index is 12.0. The van der Waals surface area contributed by atoms with E-state index in [1.807, 2.05) is 13.8 Å². The first-order valence-corrected chi connectivity index (χ1v) is 11.3. The second-order valence-electron chi connectivity index (χ2n) is 6.13. The third-order valence-corrected chi connectivity index (χ3v) is 5.51. The molecule has 0 aromatic carbocycles. The molecule has 0 saturated carbocycles. The predicted octanol–water partition coefficient (Wildman–Crippen LogP) is 1.33. The van der Waals surface area contributed by atoms with E-state index in [1.165, 1.54) is 0 Å². The molecular weight excluding hydrogens is 389 g/mol. The SMILES string of the molecule is [B]C1CC(OP(=O)(O)OCCCOP(=O)(O)OCCCO)C(C(C)C)O1. The summed E-state index contributed by atoms with van der Waals surface area (Å²) in [6.45, 7) is 3.03. The average molecular weight is 416 g/mol. The molecule has 1 saturated heterocycles. The Balaban J connectivity index is 2.29. The molecular formula is C13H27BO10P2. The first-order valence-electron chi connectivity index (χ1n) is 8.36. The Hall–Kier alpha value is 0.205. The molecule has 1 aliphatic heterocycles. The number of aliphatic hydroxyl groups is 1. The summed E-state index contributed by atoms with van der Waals surface area (Å²) < 4.78 is 48.1. The zero-order valence-corrected chi connectivity index (χ0v) is 16.7. The van der Waals surface area contributed by atoms with E-state index >= 15 is 0 Å². The van der Waals surface area contributed by atoms with Gasteiger partial charge in [0.2, 0.25) is 0 Å². The van der Waals surface area contributed by atoms with Gasteiger partial charge in [0.1, 0.15) is 7.85 Å². The normalized spacial score (nSPS) is 28.2.